The Morgan fingerprint density at radius 3 is 2.70 bits per heavy atom. The van der Waals surface area contributed by atoms with Crippen LogP contribution < -0.4 is 5.32 Å². The Bertz CT molecular complexity index is 522. The van der Waals surface area contributed by atoms with E-state index in [1.807, 2.05) is 27.0 Å². The molecule has 20 heavy (non-hydrogen) atoms. The van der Waals surface area contributed by atoms with Gasteiger partial charge in [0.1, 0.15) is 5.69 Å². The van der Waals surface area contributed by atoms with E-state index in [0.717, 1.165) is 17.8 Å². The Morgan fingerprint density at radius 2 is 2.05 bits per heavy atom. The summed E-state index contributed by atoms with van der Waals surface area (Å²) in [7, 11) is 0. The second-order valence-electron chi connectivity index (χ2n) is 4.61. The summed E-state index contributed by atoms with van der Waals surface area (Å²) in [5.74, 6) is 0.619. The lowest BCUT2D eigenvalue weighted by Gasteiger charge is -2.06. The summed E-state index contributed by atoms with van der Waals surface area (Å²) >= 11 is 0. The number of nitrogens with zero attached hydrogens (tertiary/aromatic N) is 5. The molecule has 0 saturated heterocycles. The predicted octanol–water partition coefficient (Wildman–Crippen LogP) is 1.59. The van der Waals surface area contributed by atoms with Crippen molar-refractivity contribution in [3.05, 3.63) is 18.6 Å². The van der Waals surface area contributed by atoms with Gasteiger partial charge >= 0.3 is 0 Å². The maximum absolute atomic E-state index is 5.48. The van der Waals surface area contributed by atoms with Crippen molar-refractivity contribution in [2.75, 3.05) is 18.5 Å². The smallest absolute Gasteiger partial charge is 0.222 e. The lowest BCUT2D eigenvalue weighted by atomic mass is 10.3. The molecule has 7 nitrogen and oxygen atoms in total. The predicted molar refractivity (Wildman–Crippen MR) is 76.3 cm³/mol. The quantitative estimate of drug-likeness (QED) is 0.827. The van der Waals surface area contributed by atoms with Gasteiger partial charge in [-0.1, -0.05) is 5.21 Å². The van der Waals surface area contributed by atoms with E-state index in [-0.39, 0.29) is 6.10 Å². The molecule has 0 aromatic carbocycles. The molecule has 0 fully saturated rings. The van der Waals surface area contributed by atoms with Gasteiger partial charge in [-0.25, -0.2) is 14.6 Å². The fourth-order valence-corrected chi connectivity index (χ4v) is 1.63. The second kappa shape index (κ2) is 6.95. The van der Waals surface area contributed by atoms with E-state index < -0.39 is 0 Å². The molecule has 0 aliphatic heterocycles. The van der Waals surface area contributed by atoms with Crippen molar-refractivity contribution in [2.24, 2.45) is 0 Å². The molecule has 2 aromatic rings. The van der Waals surface area contributed by atoms with Crippen molar-refractivity contribution in [3.63, 3.8) is 0 Å². The van der Waals surface area contributed by atoms with Crippen molar-refractivity contribution >= 4 is 5.95 Å². The highest BCUT2D eigenvalue weighted by atomic mass is 16.5. The summed E-state index contributed by atoms with van der Waals surface area (Å²) < 4.78 is 7.24. The van der Waals surface area contributed by atoms with E-state index in [4.69, 9.17) is 4.74 Å². The molecule has 2 aromatic heterocycles. The second-order valence-corrected chi connectivity index (χ2v) is 4.61. The Balaban J connectivity index is 1.97. The first kappa shape index (κ1) is 14.4. The van der Waals surface area contributed by atoms with E-state index in [1.54, 1.807) is 17.1 Å². The Morgan fingerprint density at radius 1 is 1.30 bits per heavy atom. The van der Waals surface area contributed by atoms with Crippen LogP contribution in [0.25, 0.3) is 11.3 Å². The third-order valence-electron chi connectivity index (χ3n) is 2.59. The number of rotatable bonds is 7. The topological polar surface area (TPSA) is 77.8 Å². The van der Waals surface area contributed by atoms with Crippen LogP contribution in [0.4, 0.5) is 5.95 Å². The largest absolute Gasteiger partial charge is 0.377 e. The number of anilines is 1. The molecule has 2 heterocycles. The minimum absolute atomic E-state index is 0.227. The monoisotopic (exact) mass is 276 g/mol. The third kappa shape index (κ3) is 3.99. The first-order valence-electron chi connectivity index (χ1n) is 6.77. The van der Waals surface area contributed by atoms with Gasteiger partial charge in [0.25, 0.3) is 0 Å². The van der Waals surface area contributed by atoms with E-state index in [2.05, 4.69) is 25.6 Å². The summed E-state index contributed by atoms with van der Waals surface area (Å²) in [5.41, 5.74) is 1.61. The van der Waals surface area contributed by atoms with Gasteiger partial charge in [-0.3, -0.25) is 0 Å². The zero-order valence-electron chi connectivity index (χ0n) is 12.1. The fraction of sp³-hybridized carbons (Fsp3) is 0.538. The van der Waals surface area contributed by atoms with Crippen molar-refractivity contribution in [2.45, 2.75) is 33.4 Å². The fourth-order valence-electron chi connectivity index (χ4n) is 1.63. The zero-order chi connectivity index (χ0) is 14.4. The molecule has 0 bridgehead atoms. The Kier molecular flexibility index (Phi) is 5.00. The molecule has 108 valence electrons. The first-order valence-corrected chi connectivity index (χ1v) is 6.77. The lowest BCUT2D eigenvalue weighted by molar-refractivity contribution is 0.0707. The van der Waals surface area contributed by atoms with E-state index in [9.17, 15) is 0 Å². The zero-order valence-corrected chi connectivity index (χ0v) is 12.1. The minimum atomic E-state index is 0.227. The molecule has 2 rings (SSSR count). The van der Waals surface area contributed by atoms with Crippen LogP contribution in [-0.4, -0.2) is 44.2 Å². The van der Waals surface area contributed by atoms with Crippen LogP contribution in [0, 0.1) is 0 Å². The number of hydrogen-bond donors (Lipinski definition) is 1. The standard InChI is InChI=1S/C13H20N6O/c1-4-14-13-15-7-11(8-16-13)12-9-19(18-17-12)5-6-20-10(2)3/h7-10H,4-6H2,1-3H3,(H,14,15,16). The summed E-state index contributed by atoms with van der Waals surface area (Å²) in [5, 5.41) is 11.2. The minimum Gasteiger partial charge on any atom is -0.377 e. The summed E-state index contributed by atoms with van der Waals surface area (Å²) in [6.45, 7) is 8.12. The maximum atomic E-state index is 5.48. The van der Waals surface area contributed by atoms with Crippen LogP contribution >= 0.6 is 0 Å². The van der Waals surface area contributed by atoms with Crippen molar-refractivity contribution in [1.82, 2.24) is 25.0 Å². The molecule has 0 radical (unpaired) electrons. The maximum Gasteiger partial charge on any atom is 0.222 e. The Labute approximate surface area is 118 Å². The van der Waals surface area contributed by atoms with Crippen molar-refractivity contribution in [1.29, 1.82) is 0 Å². The number of aromatic nitrogens is 5. The molecular weight excluding hydrogens is 256 g/mol. The molecule has 0 amide bonds. The summed E-state index contributed by atoms with van der Waals surface area (Å²) in [6.07, 6.45) is 5.58. The number of ether oxygens (including phenoxy) is 1. The van der Waals surface area contributed by atoms with Gasteiger partial charge in [0.05, 0.1) is 25.5 Å². The van der Waals surface area contributed by atoms with E-state index in [0.29, 0.717) is 19.1 Å². The molecule has 1 N–H and O–H groups in total. The van der Waals surface area contributed by atoms with Gasteiger partial charge in [-0.05, 0) is 20.8 Å². The van der Waals surface area contributed by atoms with E-state index >= 15 is 0 Å². The van der Waals surface area contributed by atoms with Crippen LogP contribution in [0.2, 0.25) is 0 Å². The molecule has 0 aliphatic carbocycles. The molecule has 0 atom stereocenters. The van der Waals surface area contributed by atoms with E-state index in [1.165, 1.54) is 0 Å². The van der Waals surface area contributed by atoms with Crippen LogP contribution in [0.3, 0.4) is 0 Å². The summed E-state index contributed by atoms with van der Waals surface area (Å²) in [6, 6.07) is 0. The normalized spacial score (nSPS) is 11.0. The van der Waals surface area contributed by atoms with Crippen LogP contribution in [0.15, 0.2) is 18.6 Å². The number of hydrogen-bond acceptors (Lipinski definition) is 6. The van der Waals surface area contributed by atoms with Gasteiger partial charge in [0, 0.05) is 24.5 Å². The third-order valence-corrected chi connectivity index (χ3v) is 2.59. The molecule has 0 unspecified atom stereocenters. The highest BCUT2D eigenvalue weighted by molar-refractivity contribution is 5.55. The average Bonchev–Trinajstić information content (AvgIpc) is 2.88. The lowest BCUT2D eigenvalue weighted by Crippen LogP contribution is -2.10. The molecular formula is C13H20N6O. The molecule has 0 aliphatic rings. The van der Waals surface area contributed by atoms with Crippen LogP contribution in [0.5, 0.6) is 0 Å². The number of nitrogens with one attached hydrogen (secondary N) is 1. The van der Waals surface area contributed by atoms with Gasteiger partial charge in [-0.15, -0.1) is 5.10 Å². The summed E-state index contributed by atoms with van der Waals surface area (Å²) in [4.78, 5) is 8.43. The van der Waals surface area contributed by atoms with Crippen molar-refractivity contribution in [3.8, 4) is 11.3 Å². The van der Waals surface area contributed by atoms with Crippen molar-refractivity contribution < 1.29 is 4.74 Å². The van der Waals surface area contributed by atoms with Gasteiger partial charge in [0.2, 0.25) is 5.95 Å². The highest BCUT2D eigenvalue weighted by Crippen LogP contribution is 2.14. The SMILES string of the molecule is CCNc1ncc(-c2cn(CCOC(C)C)nn2)cn1. The first-order chi connectivity index (χ1) is 9.69. The average molecular weight is 276 g/mol. The van der Waals surface area contributed by atoms with Gasteiger partial charge < -0.3 is 10.1 Å². The Hall–Kier alpha value is -2.02. The molecule has 7 heteroatoms. The van der Waals surface area contributed by atoms with Crippen LogP contribution in [0.1, 0.15) is 20.8 Å². The van der Waals surface area contributed by atoms with Crippen LogP contribution in [-0.2, 0) is 11.3 Å². The molecule has 0 saturated carbocycles. The highest BCUT2D eigenvalue weighted by Gasteiger charge is 2.05. The van der Waals surface area contributed by atoms with Gasteiger partial charge in [0.15, 0.2) is 0 Å². The van der Waals surface area contributed by atoms with Gasteiger partial charge in [-0.2, -0.15) is 0 Å². The molecule has 0 spiro atoms.